The predicted octanol–water partition coefficient (Wildman–Crippen LogP) is 3.41. The zero-order chi connectivity index (χ0) is 16.5. The van der Waals surface area contributed by atoms with Crippen LogP contribution in [0.25, 0.3) is 0 Å². The fourth-order valence-electron chi connectivity index (χ4n) is 1.76. The molecule has 0 bridgehead atoms. The summed E-state index contributed by atoms with van der Waals surface area (Å²) in [4.78, 5) is 24.5. The lowest BCUT2D eigenvalue weighted by Crippen LogP contribution is -2.30. The lowest BCUT2D eigenvalue weighted by atomic mass is 10.2. The van der Waals surface area contributed by atoms with E-state index in [2.05, 4.69) is 5.32 Å². The summed E-state index contributed by atoms with van der Waals surface area (Å²) < 4.78 is 4.94. The van der Waals surface area contributed by atoms with Crippen LogP contribution in [0.2, 0.25) is 5.02 Å². The fraction of sp³-hybridized carbons (Fsp3) is 0.176. The van der Waals surface area contributed by atoms with E-state index in [9.17, 15) is 9.59 Å². The molecule has 0 aromatic heterocycles. The number of esters is 1. The first-order valence-electron chi connectivity index (χ1n) is 7.02. The van der Waals surface area contributed by atoms with Crippen molar-refractivity contribution < 1.29 is 14.3 Å². The molecule has 0 saturated heterocycles. The lowest BCUT2D eigenvalue weighted by Gasteiger charge is -2.07. The second-order valence-electron chi connectivity index (χ2n) is 4.60. The Kier molecular flexibility index (Phi) is 6.97. The van der Waals surface area contributed by atoms with E-state index in [-0.39, 0.29) is 12.5 Å². The molecule has 0 heterocycles. The Morgan fingerprint density at radius 2 is 1.87 bits per heavy atom. The van der Waals surface area contributed by atoms with Gasteiger partial charge in [-0.05, 0) is 30.3 Å². The maximum absolute atomic E-state index is 11.8. The van der Waals surface area contributed by atoms with Crippen molar-refractivity contribution in [1.29, 1.82) is 0 Å². The highest BCUT2D eigenvalue weighted by molar-refractivity contribution is 7.99. The summed E-state index contributed by atoms with van der Waals surface area (Å²) in [5, 5.41) is 3.15. The van der Waals surface area contributed by atoms with Crippen LogP contribution in [-0.2, 0) is 9.53 Å². The quantitative estimate of drug-likeness (QED) is 0.473. The van der Waals surface area contributed by atoms with Crippen LogP contribution in [0.3, 0.4) is 0 Å². The molecule has 4 nitrogen and oxygen atoms in total. The van der Waals surface area contributed by atoms with Crippen LogP contribution in [0.15, 0.2) is 59.5 Å². The highest BCUT2D eigenvalue weighted by atomic mass is 35.5. The van der Waals surface area contributed by atoms with Crippen molar-refractivity contribution in [2.75, 3.05) is 18.9 Å². The van der Waals surface area contributed by atoms with Crippen LogP contribution < -0.4 is 5.32 Å². The van der Waals surface area contributed by atoms with Crippen molar-refractivity contribution in [2.24, 2.45) is 0 Å². The van der Waals surface area contributed by atoms with Gasteiger partial charge in [-0.15, -0.1) is 11.8 Å². The van der Waals surface area contributed by atoms with Crippen molar-refractivity contribution in [1.82, 2.24) is 5.32 Å². The van der Waals surface area contributed by atoms with Crippen molar-refractivity contribution in [2.45, 2.75) is 4.90 Å². The fourth-order valence-corrected chi connectivity index (χ4v) is 2.74. The molecule has 1 amide bonds. The number of ether oxygens (including phenoxy) is 1. The number of nitrogens with one attached hydrogen (secondary N) is 1. The molecule has 0 aliphatic carbocycles. The molecular formula is C17H16ClNO3S. The molecule has 120 valence electrons. The predicted molar refractivity (Wildman–Crippen MR) is 91.9 cm³/mol. The van der Waals surface area contributed by atoms with Gasteiger partial charge in [0.1, 0.15) is 0 Å². The van der Waals surface area contributed by atoms with Gasteiger partial charge in [0.15, 0.2) is 6.61 Å². The third kappa shape index (κ3) is 6.34. The summed E-state index contributed by atoms with van der Waals surface area (Å²) in [7, 11) is 0. The minimum atomic E-state index is -0.568. The average molecular weight is 350 g/mol. The molecule has 0 unspecified atom stereocenters. The van der Waals surface area contributed by atoms with E-state index in [1.165, 1.54) is 6.07 Å². The maximum atomic E-state index is 11.8. The summed E-state index contributed by atoms with van der Waals surface area (Å²) in [5.74, 6) is -0.145. The Labute approximate surface area is 144 Å². The number of carbonyl (C=O) groups is 2. The minimum absolute atomic E-state index is 0.304. The number of hydrogen-bond donors (Lipinski definition) is 1. The number of carbonyl (C=O) groups excluding carboxylic acids is 2. The van der Waals surface area contributed by atoms with E-state index in [4.69, 9.17) is 16.3 Å². The highest BCUT2D eigenvalue weighted by Crippen LogP contribution is 2.15. The van der Waals surface area contributed by atoms with Crippen LogP contribution in [0.5, 0.6) is 0 Å². The zero-order valence-corrected chi connectivity index (χ0v) is 13.9. The van der Waals surface area contributed by atoms with Gasteiger partial charge in [-0.3, -0.25) is 4.79 Å². The van der Waals surface area contributed by atoms with Crippen molar-refractivity contribution >= 4 is 35.2 Å². The number of thioether (sulfide) groups is 1. The van der Waals surface area contributed by atoms with Crippen LogP contribution in [0.4, 0.5) is 0 Å². The van der Waals surface area contributed by atoms with Crippen LogP contribution >= 0.6 is 23.4 Å². The Balaban J connectivity index is 1.64. The van der Waals surface area contributed by atoms with E-state index in [1.54, 1.807) is 30.0 Å². The van der Waals surface area contributed by atoms with Gasteiger partial charge in [-0.1, -0.05) is 35.9 Å². The molecule has 2 rings (SSSR count). The number of rotatable bonds is 7. The third-order valence-electron chi connectivity index (χ3n) is 2.83. The molecule has 23 heavy (non-hydrogen) atoms. The first kappa shape index (κ1) is 17.4. The molecule has 2 aromatic carbocycles. The van der Waals surface area contributed by atoms with Crippen molar-refractivity contribution in [3.05, 3.63) is 65.2 Å². The van der Waals surface area contributed by atoms with Crippen LogP contribution in [-0.4, -0.2) is 30.8 Å². The molecule has 0 atom stereocenters. The van der Waals surface area contributed by atoms with Crippen LogP contribution in [0, 0.1) is 0 Å². The van der Waals surface area contributed by atoms with E-state index in [0.29, 0.717) is 17.1 Å². The van der Waals surface area contributed by atoms with E-state index in [0.717, 1.165) is 10.6 Å². The zero-order valence-electron chi connectivity index (χ0n) is 12.3. The lowest BCUT2D eigenvalue weighted by molar-refractivity contribution is -0.124. The standard InChI is InChI=1S/C17H16ClNO3S/c18-14-6-4-5-13(11-14)17(21)22-12-16(20)19-9-10-23-15-7-2-1-3-8-15/h1-8,11H,9-10,12H2,(H,19,20). The summed E-state index contributed by atoms with van der Waals surface area (Å²) in [6.07, 6.45) is 0. The molecule has 0 fully saturated rings. The molecular weight excluding hydrogens is 334 g/mol. The molecule has 1 N–H and O–H groups in total. The molecule has 2 aromatic rings. The van der Waals surface area contributed by atoms with Gasteiger partial charge in [-0.25, -0.2) is 4.79 Å². The van der Waals surface area contributed by atoms with Gasteiger partial charge in [0.2, 0.25) is 0 Å². The average Bonchev–Trinajstić information content (AvgIpc) is 2.57. The van der Waals surface area contributed by atoms with Gasteiger partial charge in [0.05, 0.1) is 5.56 Å². The topological polar surface area (TPSA) is 55.4 Å². The first-order valence-corrected chi connectivity index (χ1v) is 8.39. The molecule has 0 aliphatic rings. The first-order chi connectivity index (χ1) is 11.1. The Hall–Kier alpha value is -1.98. The van der Waals surface area contributed by atoms with Crippen molar-refractivity contribution in [3.8, 4) is 0 Å². The molecule has 0 saturated carbocycles. The normalized spacial score (nSPS) is 10.1. The second-order valence-corrected chi connectivity index (χ2v) is 6.20. The summed E-state index contributed by atoms with van der Waals surface area (Å²) in [6.45, 7) is 0.203. The molecule has 0 spiro atoms. The second kappa shape index (κ2) is 9.22. The monoisotopic (exact) mass is 349 g/mol. The maximum Gasteiger partial charge on any atom is 0.338 e. The molecule has 6 heteroatoms. The number of amides is 1. The minimum Gasteiger partial charge on any atom is -0.452 e. The Morgan fingerprint density at radius 1 is 1.09 bits per heavy atom. The van der Waals surface area contributed by atoms with Gasteiger partial charge in [0.25, 0.3) is 5.91 Å². The van der Waals surface area contributed by atoms with Gasteiger partial charge in [0, 0.05) is 22.2 Å². The smallest absolute Gasteiger partial charge is 0.338 e. The number of benzene rings is 2. The Morgan fingerprint density at radius 3 is 2.61 bits per heavy atom. The highest BCUT2D eigenvalue weighted by Gasteiger charge is 2.10. The van der Waals surface area contributed by atoms with E-state index in [1.807, 2.05) is 30.3 Å². The SMILES string of the molecule is O=C(COC(=O)c1cccc(Cl)c1)NCCSc1ccccc1. The van der Waals surface area contributed by atoms with Crippen molar-refractivity contribution in [3.63, 3.8) is 0 Å². The van der Waals surface area contributed by atoms with Gasteiger partial charge < -0.3 is 10.1 Å². The molecule has 0 radical (unpaired) electrons. The Bertz CT molecular complexity index is 664. The largest absolute Gasteiger partial charge is 0.452 e. The van der Waals surface area contributed by atoms with Crippen LogP contribution in [0.1, 0.15) is 10.4 Å². The number of hydrogen-bond acceptors (Lipinski definition) is 4. The number of halogens is 1. The van der Waals surface area contributed by atoms with E-state index < -0.39 is 5.97 Å². The van der Waals surface area contributed by atoms with Gasteiger partial charge in [-0.2, -0.15) is 0 Å². The van der Waals surface area contributed by atoms with E-state index >= 15 is 0 Å². The van der Waals surface area contributed by atoms with Gasteiger partial charge >= 0.3 is 5.97 Å². The summed E-state index contributed by atoms with van der Waals surface area (Å²) in [5.41, 5.74) is 0.324. The summed E-state index contributed by atoms with van der Waals surface area (Å²) in [6, 6.07) is 16.3. The summed E-state index contributed by atoms with van der Waals surface area (Å²) >= 11 is 7.45. The molecule has 0 aliphatic heterocycles. The third-order valence-corrected chi connectivity index (χ3v) is 4.08.